The predicted octanol–water partition coefficient (Wildman–Crippen LogP) is 4.66. The molecule has 2 aliphatic rings. The summed E-state index contributed by atoms with van der Waals surface area (Å²) in [5.74, 6) is 0.987. The van der Waals surface area contributed by atoms with Crippen LogP contribution < -0.4 is 9.47 Å². The molecular weight excluding hydrogens is 713 g/mol. The summed E-state index contributed by atoms with van der Waals surface area (Å²) in [7, 11) is -3.76. The number of rotatable bonds is 18. The first-order chi connectivity index (χ1) is 26.8. The third kappa shape index (κ3) is 12.9. The van der Waals surface area contributed by atoms with Crippen molar-refractivity contribution in [1.82, 2.24) is 19.6 Å². The minimum atomic E-state index is -3.76. The standard InChI is InChI=1S/C44H54N4O6S/c49-39(33-47-29-25-45(26-30-47)23-7-13-37-9-3-1-4-10-37)35-53-41-15-19-43(20-16-41)55(51,52)44-21-17-42(18-22-44)54-36-40(50)34-48-31-27-46(28-32-48)24-8-14-38-11-5-2-6-12-38/h1-22,39-40,49-50H,23-36H2/b13-7-,14-8-. The molecule has 11 heteroatoms. The Balaban J connectivity index is 0.862. The van der Waals surface area contributed by atoms with E-state index in [1.807, 2.05) is 36.4 Å². The topological polar surface area (TPSA) is 106 Å². The van der Waals surface area contributed by atoms with Gasteiger partial charge in [-0.1, -0.05) is 85.0 Å². The zero-order valence-electron chi connectivity index (χ0n) is 31.5. The van der Waals surface area contributed by atoms with Crippen molar-refractivity contribution in [3.63, 3.8) is 0 Å². The van der Waals surface area contributed by atoms with Crippen LogP contribution in [0.2, 0.25) is 0 Å². The number of β-amino-alcohol motifs (C(OH)–C–C–N with tert-alkyl or cyclic N) is 2. The van der Waals surface area contributed by atoms with Crippen molar-refractivity contribution in [3.8, 4) is 11.5 Å². The van der Waals surface area contributed by atoms with E-state index < -0.39 is 22.0 Å². The van der Waals surface area contributed by atoms with Crippen LogP contribution in [0.1, 0.15) is 11.1 Å². The molecular formula is C44H54N4O6S. The van der Waals surface area contributed by atoms with Gasteiger partial charge >= 0.3 is 0 Å². The second-order valence-corrected chi connectivity index (χ2v) is 16.2. The van der Waals surface area contributed by atoms with Crippen LogP contribution in [-0.2, 0) is 9.84 Å². The van der Waals surface area contributed by atoms with E-state index in [0.29, 0.717) is 24.6 Å². The second kappa shape index (κ2) is 20.5. The first-order valence-corrected chi connectivity index (χ1v) is 20.7. The molecule has 0 amide bonds. The Morgan fingerprint density at radius 2 is 0.855 bits per heavy atom. The molecule has 2 aliphatic heterocycles. The molecule has 0 aromatic heterocycles. The highest BCUT2D eigenvalue weighted by molar-refractivity contribution is 7.91. The minimum absolute atomic E-state index is 0.117. The fourth-order valence-corrected chi connectivity index (χ4v) is 8.03. The zero-order valence-corrected chi connectivity index (χ0v) is 32.3. The van der Waals surface area contributed by atoms with Gasteiger partial charge in [-0.25, -0.2) is 8.42 Å². The second-order valence-electron chi connectivity index (χ2n) is 14.2. The molecule has 2 unspecified atom stereocenters. The number of hydrogen-bond acceptors (Lipinski definition) is 10. The monoisotopic (exact) mass is 766 g/mol. The van der Waals surface area contributed by atoms with Gasteiger partial charge in [0.15, 0.2) is 0 Å². The van der Waals surface area contributed by atoms with Crippen LogP contribution in [0.5, 0.6) is 11.5 Å². The van der Waals surface area contributed by atoms with Crippen molar-refractivity contribution in [3.05, 3.63) is 132 Å². The van der Waals surface area contributed by atoms with Crippen molar-refractivity contribution in [2.75, 3.05) is 91.8 Å². The van der Waals surface area contributed by atoms with Crippen molar-refractivity contribution in [2.24, 2.45) is 0 Å². The zero-order chi connectivity index (χ0) is 38.3. The predicted molar refractivity (Wildman–Crippen MR) is 218 cm³/mol. The van der Waals surface area contributed by atoms with Crippen LogP contribution in [0.3, 0.4) is 0 Å². The van der Waals surface area contributed by atoms with E-state index >= 15 is 0 Å². The van der Waals surface area contributed by atoms with Gasteiger partial charge in [0.2, 0.25) is 9.84 Å². The molecule has 0 aliphatic carbocycles. The molecule has 292 valence electrons. The summed E-state index contributed by atoms with van der Waals surface area (Å²) < 4.78 is 38.3. The highest BCUT2D eigenvalue weighted by atomic mass is 32.2. The number of nitrogens with zero attached hydrogens (tertiary/aromatic N) is 4. The number of hydrogen-bond donors (Lipinski definition) is 2. The molecule has 4 aromatic rings. The Kier molecular flexibility index (Phi) is 15.1. The molecule has 0 radical (unpaired) electrons. The summed E-state index contributed by atoms with van der Waals surface area (Å²) in [4.78, 5) is 9.59. The SMILES string of the molecule is O=S(=O)(c1ccc(OCC(O)CN2CCN(C/C=C\c3ccccc3)CC2)cc1)c1ccc(OCC(O)CN2CCN(C/C=C\c3ccccc3)CC2)cc1. The van der Waals surface area contributed by atoms with Crippen LogP contribution in [-0.4, -0.2) is 142 Å². The van der Waals surface area contributed by atoms with Crippen LogP contribution in [0.25, 0.3) is 12.2 Å². The number of aliphatic hydroxyl groups is 2. The highest BCUT2D eigenvalue weighted by Crippen LogP contribution is 2.25. The molecule has 2 fully saturated rings. The fraction of sp³-hybridized carbons (Fsp3) is 0.364. The number of piperazine rings is 2. The molecule has 2 heterocycles. The molecule has 0 bridgehead atoms. The summed E-state index contributed by atoms with van der Waals surface area (Å²) >= 11 is 0. The average Bonchev–Trinajstić information content (AvgIpc) is 3.22. The van der Waals surface area contributed by atoms with Gasteiger partial charge in [-0.3, -0.25) is 19.6 Å². The van der Waals surface area contributed by atoms with Gasteiger partial charge < -0.3 is 19.7 Å². The first-order valence-electron chi connectivity index (χ1n) is 19.2. The first kappa shape index (κ1) is 40.3. The lowest BCUT2D eigenvalue weighted by Gasteiger charge is -2.35. The Morgan fingerprint density at radius 1 is 0.509 bits per heavy atom. The van der Waals surface area contributed by atoms with E-state index in [1.54, 1.807) is 24.3 Å². The van der Waals surface area contributed by atoms with Crippen LogP contribution in [0.4, 0.5) is 0 Å². The lowest BCUT2D eigenvalue weighted by molar-refractivity contribution is 0.0481. The molecule has 10 nitrogen and oxygen atoms in total. The van der Waals surface area contributed by atoms with E-state index in [1.165, 1.54) is 35.4 Å². The molecule has 0 saturated carbocycles. The number of sulfone groups is 1. The molecule has 2 atom stereocenters. The summed E-state index contributed by atoms with van der Waals surface area (Å²) in [6.07, 6.45) is 7.36. The molecule has 2 N–H and O–H groups in total. The third-order valence-electron chi connectivity index (χ3n) is 9.97. The van der Waals surface area contributed by atoms with Gasteiger partial charge in [0, 0.05) is 78.5 Å². The van der Waals surface area contributed by atoms with E-state index in [2.05, 4.69) is 68.2 Å². The van der Waals surface area contributed by atoms with Crippen molar-refractivity contribution < 1.29 is 28.1 Å². The average molecular weight is 767 g/mol. The Morgan fingerprint density at radius 3 is 1.22 bits per heavy atom. The Hall–Kier alpha value is -4.33. The van der Waals surface area contributed by atoms with E-state index in [0.717, 1.165) is 65.4 Å². The van der Waals surface area contributed by atoms with E-state index in [9.17, 15) is 18.6 Å². The van der Waals surface area contributed by atoms with E-state index in [-0.39, 0.29) is 23.0 Å². The fourth-order valence-electron chi connectivity index (χ4n) is 6.77. The van der Waals surface area contributed by atoms with Gasteiger partial charge in [-0.15, -0.1) is 0 Å². The summed E-state index contributed by atoms with van der Waals surface area (Å²) in [6.45, 7) is 10.4. The van der Waals surface area contributed by atoms with Gasteiger partial charge in [0.05, 0.1) is 9.79 Å². The van der Waals surface area contributed by atoms with Crippen LogP contribution in [0.15, 0.2) is 131 Å². The highest BCUT2D eigenvalue weighted by Gasteiger charge is 2.22. The van der Waals surface area contributed by atoms with Crippen LogP contribution >= 0.6 is 0 Å². The summed E-state index contributed by atoms with van der Waals surface area (Å²) in [5.41, 5.74) is 2.40. The lowest BCUT2D eigenvalue weighted by atomic mass is 10.2. The molecule has 6 rings (SSSR count). The number of benzene rings is 4. The van der Waals surface area contributed by atoms with Gasteiger partial charge in [0.1, 0.15) is 36.9 Å². The quantitative estimate of drug-likeness (QED) is 0.149. The maximum Gasteiger partial charge on any atom is 0.206 e. The molecule has 55 heavy (non-hydrogen) atoms. The minimum Gasteiger partial charge on any atom is -0.491 e. The Bertz CT molecular complexity index is 1740. The van der Waals surface area contributed by atoms with E-state index in [4.69, 9.17) is 9.47 Å². The van der Waals surface area contributed by atoms with Crippen LogP contribution in [0, 0.1) is 0 Å². The maximum atomic E-state index is 13.3. The third-order valence-corrected chi connectivity index (χ3v) is 11.8. The van der Waals surface area contributed by atoms with Gasteiger partial charge in [-0.05, 0) is 59.7 Å². The largest absolute Gasteiger partial charge is 0.491 e. The normalized spacial score (nSPS) is 17.8. The van der Waals surface area contributed by atoms with Gasteiger partial charge in [-0.2, -0.15) is 0 Å². The van der Waals surface area contributed by atoms with Gasteiger partial charge in [0.25, 0.3) is 0 Å². The maximum absolute atomic E-state index is 13.3. The van der Waals surface area contributed by atoms with Crippen molar-refractivity contribution >= 4 is 22.0 Å². The molecule has 2 saturated heterocycles. The number of aliphatic hydroxyl groups excluding tert-OH is 2. The number of ether oxygens (including phenoxy) is 2. The Labute approximate surface area is 326 Å². The molecule has 4 aromatic carbocycles. The lowest BCUT2D eigenvalue weighted by Crippen LogP contribution is -2.49. The summed E-state index contributed by atoms with van der Waals surface area (Å²) in [5, 5.41) is 21.3. The smallest absolute Gasteiger partial charge is 0.206 e. The van der Waals surface area contributed by atoms with Crippen molar-refractivity contribution in [2.45, 2.75) is 22.0 Å². The molecule has 0 spiro atoms. The summed E-state index contributed by atoms with van der Waals surface area (Å²) in [6, 6.07) is 33.1. The van der Waals surface area contributed by atoms with Crippen molar-refractivity contribution in [1.29, 1.82) is 0 Å².